The average molecular weight is 499 g/mol. The van der Waals surface area contributed by atoms with Gasteiger partial charge in [0, 0.05) is 12.6 Å². The summed E-state index contributed by atoms with van der Waals surface area (Å²) < 4.78 is 27.1. The Morgan fingerprint density at radius 3 is 2.53 bits per heavy atom. The maximum atomic E-state index is 12.8. The van der Waals surface area contributed by atoms with Gasteiger partial charge in [0.05, 0.1) is 33.1 Å². The van der Waals surface area contributed by atoms with E-state index in [1.807, 2.05) is 55.7 Å². The maximum absolute atomic E-state index is 12.8. The number of fused-ring (bicyclic) bond motifs is 1. The zero-order chi connectivity index (χ0) is 24.5. The van der Waals surface area contributed by atoms with Crippen LogP contribution in [0.15, 0.2) is 58.6 Å². The number of carbonyl (C=O) groups excluding carboxylic acids is 1. The summed E-state index contributed by atoms with van der Waals surface area (Å²) in [4.78, 5) is 17.4. The van der Waals surface area contributed by atoms with Crippen LogP contribution in [-0.2, 0) is 21.4 Å². The number of nitrogens with zero attached hydrogens (tertiary/aromatic N) is 4. The predicted molar refractivity (Wildman–Crippen MR) is 134 cm³/mol. The van der Waals surface area contributed by atoms with E-state index in [0.717, 1.165) is 28.9 Å². The van der Waals surface area contributed by atoms with E-state index in [1.54, 1.807) is 10.7 Å². The van der Waals surface area contributed by atoms with Gasteiger partial charge in [0.2, 0.25) is 15.9 Å². The van der Waals surface area contributed by atoms with Crippen LogP contribution in [0.1, 0.15) is 24.6 Å². The molecule has 0 unspecified atom stereocenters. The van der Waals surface area contributed by atoms with Gasteiger partial charge in [-0.15, -0.1) is 0 Å². The Balaban J connectivity index is 1.54. The van der Waals surface area contributed by atoms with Gasteiger partial charge in [0.25, 0.3) is 0 Å². The van der Waals surface area contributed by atoms with Gasteiger partial charge in [-0.05, 0) is 50.6 Å². The van der Waals surface area contributed by atoms with Crippen molar-refractivity contribution in [1.82, 2.24) is 19.3 Å². The van der Waals surface area contributed by atoms with Crippen molar-refractivity contribution in [2.45, 2.75) is 43.8 Å². The van der Waals surface area contributed by atoms with Gasteiger partial charge in [-0.3, -0.25) is 4.79 Å². The first kappa shape index (κ1) is 24.0. The van der Waals surface area contributed by atoms with Gasteiger partial charge in [0.1, 0.15) is 5.82 Å². The molecule has 0 atom stereocenters. The van der Waals surface area contributed by atoms with Crippen molar-refractivity contribution in [2.24, 2.45) is 5.14 Å². The highest BCUT2D eigenvalue weighted by atomic mass is 32.2. The summed E-state index contributed by atoms with van der Waals surface area (Å²) >= 11 is 1.29. The number of rotatable bonds is 8. The second-order valence-electron chi connectivity index (χ2n) is 8.00. The van der Waals surface area contributed by atoms with Crippen molar-refractivity contribution >= 4 is 44.5 Å². The first-order chi connectivity index (χ1) is 16.2. The number of amides is 1. The van der Waals surface area contributed by atoms with Crippen LogP contribution < -0.4 is 10.5 Å². The van der Waals surface area contributed by atoms with Crippen molar-refractivity contribution < 1.29 is 13.2 Å². The second kappa shape index (κ2) is 9.61. The van der Waals surface area contributed by atoms with Crippen molar-refractivity contribution in [3.63, 3.8) is 0 Å². The van der Waals surface area contributed by atoms with E-state index in [-0.39, 0.29) is 16.6 Å². The Morgan fingerprint density at radius 2 is 1.85 bits per heavy atom. The van der Waals surface area contributed by atoms with E-state index in [9.17, 15) is 13.2 Å². The lowest BCUT2D eigenvalue weighted by Gasteiger charge is -2.10. The van der Waals surface area contributed by atoms with Crippen LogP contribution in [0.5, 0.6) is 0 Å². The lowest BCUT2D eigenvalue weighted by molar-refractivity contribution is -0.113. The van der Waals surface area contributed by atoms with E-state index in [0.29, 0.717) is 23.0 Å². The van der Waals surface area contributed by atoms with Crippen molar-refractivity contribution in [3.05, 3.63) is 59.8 Å². The third kappa shape index (κ3) is 5.16. The maximum Gasteiger partial charge on any atom is 0.238 e. The van der Waals surface area contributed by atoms with Crippen LogP contribution in [0, 0.1) is 13.8 Å². The van der Waals surface area contributed by atoms with Gasteiger partial charge in [0.15, 0.2) is 5.16 Å². The number of nitrogens with two attached hydrogens (primary N) is 1. The number of carbonyl (C=O) groups is 1. The van der Waals surface area contributed by atoms with E-state index in [2.05, 4.69) is 15.4 Å². The molecule has 9 nitrogen and oxygen atoms in total. The summed E-state index contributed by atoms with van der Waals surface area (Å²) in [6.45, 7) is 6.62. The Kier molecular flexibility index (Phi) is 6.78. The van der Waals surface area contributed by atoms with Crippen LogP contribution in [0.2, 0.25) is 0 Å². The third-order valence-electron chi connectivity index (χ3n) is 5.17. The highest BCUT2D eigenvalue weighted by Crippen LogP contribution is 2.27. The molecule has 3 N–H and O–H groups in total. The second-order valence-corrected chi connectivity index (χ2v) is 10.5. The Hall–Kier alpha value is -3.15. The average Bonchev–Trinajstić information content (AvgIpc) is 3.32. The van der Waals surface area contributed by atoms with Gasteiger partial charge < -0.3 is 9.88 Å². The summed E-state index contributed by atoms with van der Waals surface area (Å²) in [7, 11) is -3.83. The monoisotopic (exact) mass is 498 g/mol. The van der Waals surface area contributed by atoms with Gasteiger partial charge in [-0.25, -0.2) is 23.2 Å². The van der Waals surface area contributed by atoms with Crippen LogP contribution >= 0.6 is 11.8 Å². The normalized spacial score (nSPS) is 11.8. The van der Waals surface area contributed by atoms with Gasteiger partial charge >= 0.3 is 0 Å². The molecule has 0 saturated heterocycles. The number of primary sulfonamides is 1. The first-order valence-corrected chi connectivity index (χ1v) is 13.3. The summed E-state index contributed by atoms with van der Waals surface area (Å²) in [5, 5.41) is 13.3. The Morgan fingerprint density at radius 1 is 1.12 bits per heavy atom. The zero-order valence-electron chi connectivity index (χ0n) is 19.1. The molecule has 0 bridgehead atoms. The minimum atomic E-state index is -3.83. The molecule has 178 valence electrons. The summed E-state index contributed by atoms with van der Waals surface area (Å²) in [5.41, 5.74) is 4.11. The van der Waals surface area contributed by atoms with Crippen LogP contribution in [0.25, 0.3) is 16.7 Å². The fourth-order valence-corrected chi connectivity index (χ4v) is 4.97. The van der Waals surface area contributed by atoms with Gasteiger partial charge in [-0.1, -0.05) is 36.4 Å². The number of benzene rings is 2. The lowest BCUT2D eigenvalue weighted by atomic mass is 10.2. The number of sulfonamides is 1. The predicted octanol–water partition coefficient (Wildman–Crippen LogP) is 3.63. The molecule has 0 fully saturated rings. The largest absolute Gasteiger partial charge is 0.319 e. The molecule has 0 aliphatic rings. The standard InChI is InChI=1S/C23H26N6O3S2/c1-4-11-28-20-10-9-18(34(24,31)32)13-19(20)25-23(28)33-14-22(30)26-21-12-16(3)27-29(21)17-7-5-15(2)6-8-17/h5-10,12-13H,4,11,14H2,1-3H3,(H,26,30)(H2,24,31,32). The SMILES string of the molecule is CCCn1c(SCC(=O)Nc2cc(C)nn2-c2ccc(C)cc2)nc2cc(S(N)(=O)=O)ccc21. The zero-order valence-corrected chi connectivity index (χ0v) is 20.8. The van der Waals surface area contributed by atoms with Crippen LogP contribution in [-0.4, -0.2) is 39.4 Å². The molecule has 4 rings (SSSR count). The lowest BCUT2D eigenvalue weighted by Crippen LogP contribution is -2.17. The van der Waals surface area contributed by atoms with E-state index >= 15 is 0 Å². The van der Waals surface area contributed by atoms with Crippen molar-refractivity contribution in [2.75, 3.05) is 11.1 Å². The minimum Gasteiger partial charge on any atom is -0.319 e. The molecule has 0 radical (unpaired) electrons. The number of aryl methyl sites for hydroxylation is 3. The molecule has 4 aromatic rings. The number of anilines is 1. The van der Waals surface area contributed by atoms with Crippen LogP contribution in [0.3, 0.4) is 0 Å². The fourth-order valence-electron chi connectivity index (χ4n) is 3.59. The van der Waals surface area contributed by atoms with Crippen LogP contribution in [0.4, 0.5) is 5.82 Å². The molecule has 2 aromatic carbocycles. The Labute approximate surface area is 202 Å². The van der Waals surface area contributed by atoms with E-state index in [4.69, 9.17) is 5.14 Å². The number of thioether (sulfide) groups is 1. The first-order valence-electron chi connectivity index (χ1n) is 10.7. The molecule has 0 aliphatic carbocycles. The summed E-state index contributed by atoms with van der Waals surface area (Å²) in [5.74, 6) is 0.526. The fraction of sp³-hybridized carbons (Fsp3) is 0.261. The van der Waals surface area contributed by atoms with Crippen molar-refractivity contribution in [1.29, 1.82) is 0 Å². The number of aromatic nitrogens is 4. The van der Waals surface area contributed by atoms with E-state index in [1.165, 1.54) is 23.9 Å². The highest BCUT2D eigenvalue weighted by molar-refractivity contribution is 7.99. The number of imidazole rings is 1. The minimum absolute atomic E-state index is 0.00943. The molecule has 0 saturated carbocycles. The Bertz CT molecular complexity index is 1460. The number of hydrogen-bond donors (Lipinski definition) is 2. The van der Waals surface area contributed by atoms with E-state index < -0.39 is 10.0 Å². The number of hydrogen-bond acceptors (Lipinski definition) is 6. The summed E-state index contributed by atoms with van der Waals surface area (Å²) in [6, 6.07) is 14.4. The molecule has 1 amide bonds. The smallest absolute Gasteiger partial charge is 0.238 e. The topological polar surface area (TPSA) is 125 Å². The molecular weight excluding hydrogens is 472 g/mol. The molecule has 0 spiro atoms. The third-order valence-corrected chi connectivity index (χ3v) is 7.06. The molecule has 2 aromatic heterocycles. The summed E-state index contributed by atoms with van der Waals surface area (Å²) in [6.07, 6.45) is 0.858. The highest BCUT2D eigenvalue weighted by Gasteiger charge is 2.17. The molecule has 34 heavy (non-hydrogen) atoms. The number of nitrogens with one attached hydrogen (secondary N) is 1. The molecule has 2 heterocycles. The van der Waals surface area contributed by atoms with Gasteiger partial charge in [-0.2, -0.15) is 5.10 Å². The molecule has 11 heteroatoms. The quantitative estimate of drug-likeness (QED) is 0.358. The molecular formula is C23H26N6O3S2. The van der Waals surface area contributed by atoms with Crippen molar-refractivity contribution in [3.8, 4) is 5.69 Å². The molecule has 0 aliphatic heterocycles.